The van der Waals surface area contributed by atoms with Gasteiger partial charge in [0.25, 0.3) is 5.91 Å². The van der Waals surface area contributed by atoms with E-state index >= 15 is 0 Å². The van der Waals surface area contributed by atoms with Gasteiger partial charge in [-0.3, -0.25) is 19.3 Å². The van der Waals surface area contributed by atoms with E-state index in [-0.39, 0.29) is 36.9 Å². The maximum atomic E-state index is 12.6. The van der Waals surface area contributed by atoms with E-state index in [9.17, 15) is 14.4 Å². The first-order valence-electron chi connectivity index (χ1n) is 9.73. The van der Waals surface area contributed by atoms with Crippen LogP contribution in [0.25, 0.3) is 0 Å². The smallest absolute Gasteiger partial charge is 0.265 e. The molecule has 1 saturated carbocycles. The molecule has 1 aliphatic heterocycles. The highest BCUT2D eigenvalue weighted by Crippen LogP contribution is 2.35. The van der Waals surface area contributed by atoms with Gasteiger partial charge >= 0.3 is 0 Å². The summed E-state index contributed by atoms with van der Waals surface area (Å²) in [7, 11) is 0. The molecule has 1 unspecified atom stereocenters. The zero-order valence-corrected chi connectivity index (χ0v) is 17.1. The minimum Gasteiger partial charge on any atom is -0.485 e. The molecule has 4 rings (SSSR count). The molecule has 156 valence electrons. The number of Topliss-reactive ketones (excluding diaryl/α,β-unsaturated/α-hetero) is 1. The Balaban J connectivity index is 1.51. The minimum atomic E-state index is -0.712. The Bertz CT molecular complexity index is 988. The summed E-state index contributed by atoms with van der Waals surface area (Å²) in [6.07, 6.45) is 1.91. The zero-order valence-electron chi connectivity index (χ0n) is 16.4. The van der Waals surface area contributed by atoms with Crippen molar-refractivity contribution in [2.24, 2.45) is 0 Å². The van der Waals surface area contributed by atoms with E-state index in [1.807, 2.05) is 0 Å². The predicted octanol–water partition coefficient (Wildman–Crippen LogP) is 2.99. The molecule has 0 radical (unpaired) electrons. The highest BCUT2D eigenvalue weighted by atomic mass is 35.5. The molecule has 2 aromatic rings. The first-order valence-corrected chi connectivity index (χ1v) is 10.1. The summed E-state index contributed by atoms with van der Waals surface area (Å²) in [5.74, 6) is 0.164. The number of hydrogen-bond donors (Lipinski definition) is 1. The van der Waals surface area contributed by atoms with Crippen LogP contribution < -0.4 is 19.7 Å². The van der Waals surface area contributed by atoms with Gasteiger partial charge in [0.15, 0.2) is 19.0 Å². The SMILES string of the molecule is CC(C(=O)NC1CC1)N1C(=O)COc2ccc(C(=O)COc3ccc(Cl)cc3)cc21. The van der Waals surface area contributed by atoms with Crippen LogP contribution in [0.5, 0.6) is 11.5 Å². The summed E-state index contributed by atoms with van der Waals surface area (Å²) in [4.78, 5) is 39.1. The number of hydrogen-bond acceptors (Lipinski definition) is 5. The van der Waals surface area contributed by atoms with Crippen molar-refractivity contribution in [3.63, 3.8) is 0 Å². The molecular weight excluding hydrogens is 408 g/mol. The molecule has 2 aromatic carbocycles. The maximum Gasteiger partial charge on any atom is 0.265 e. The van der Waals surface area contributed by atoms with Gasteiger partial charge in [-0.25, -0.2) is 0 Å². The molecule has 0 bridgehead atoms. The van der Waals surface area contributed by atoms with Crippen molar-refractivity contribution in [3.8, 4) is 11.5 Å². The van der Waals surface area contributed by atoms with Crippen molar-refractivity contribution < 1.29 is 23.9 Å². The van der Waals surface area contributed by atoms with E-state index in [1.54, 1.807) is 49.4 Å². The Kier molecular flexibility index (Phi) is 5.63. The molecule has 8 heteroatoms. The number of benzene rings is 2. The van der Waals surface area contributed by atoms with E-state index in [2.05, 4.69) is 5.32 Å². The number of nitrogens with zero attached hydrogens (tertiary/aromatic N) is 1. The standard InChI is InChI=1S/C22H21ClN2O5/c1-13(22(28)24-16-5-6-16)25-18-10-14(2-9-20(18)30-12-21(25)27)19(26)11-29-17-7-3-15(23)4-8-17/h2-4,7-10,13,16H,5-6,11-12H2,1H3,(H,24,28). The molecule has 1 atom stereocenters. The lowest BCUT2D eigenvalue weighted by atomic mass is 10.1. The van der Waals surface area contributed by atoms with Crippen LogP contribution in [0.4, 0.5) is 5.69 Å². The first kappa shape index (κ1) is 20.2. The molecule has 1 heterocycles. The summed E-state index contributed by atoms with van der Waals surface area (Å²) in [5.41, 5.74) is 0.767. The number of carbonyl (C=O) groups excluding carboxylic acids is 3. The number of halogens is 1. The summed E-state index contributed by atoms with van der Waals surface area (Å²) in [6, 6.07) is 11.0. The first-order chi connectivity index (χ1) is 14.4. The van der Waals surface area contributed by atoms with E-state index < -0.39 is 6.04 Å². The fourth-order valence-electron chi connectivity index (χ4n) is 3.20. The Morgan fingerprint density at radius 1 is 1.23 bits per heavy atom. The molecule has 1 aliphatic carbocycles. The number of carbonyl (C=O) groups is 3. The van der Waals surface area contributed by atoms with Crippen molar-refractivity contribution in [1.82, 2.24) is 5.32 Å². The minimum absolute atomic E-state index is 0.152. The Morgan fingerprint density at radius 2 is 1.97 bits per heavy atom. The van der Waals surface area contributed by atoms with Gasteiger partial charge in [-0.05, 0) is 62.2 Å². The third-order valence-electron chi connectivity index (χ3n) is 5.03. The summed E-state index contributed by atoms with van der Waals surface area (Å²) in [6.45, 7) is 1.34. The van der Waals surface area contributed by atoms with Crippen molar-refractivity contribution >= 4 is 34.9 Å². The number of ketones is 1. The number of amides is 2. The lowest BCUT2D eigenvalue weighted by molar-refractivity contribution is -0.127. The molecule has 1 fully saturated rings. The molecule has 30 heavy (non-hydrogen) atoms. The maximum absolute atomic E-state index is 12.6. The van der Waals surface area contributed by atoms with Crippen molar-refractivity contribution in [1.29, 1.82) is 0 Å². The van der Waals surface area contributed by atoms with E-state index in [0.717, 1.165) is 12.8 Å². The monoisotopic (exact) mass is 428 g/mol. The predicted molar refractivity (Wildman–Crippen MR) is 111 cm³/mol. The molecule has 0 spiro atoms. The topological polar surface area (TPSA) is 84.9 Å². The van der Waals surface area contributed by atoms with Gasteiger partial charge in [-0.1, -0.05) is 11.6 Å². The zero-order chi connectivity index (χ0) is 21.3. The number of ether oxygens (including phenoxy) is 2. The van der Waals surface area contributed by atoms with Gasteiger partial charge in [0.2, 0.25) is 5.91 Å². The van der Waals surface area contributed by atoms with Crippen LogP contribution in [0.2, 0.25) is 5.02 Å². The number of rotatable bonds is 7. The Hall–Kier alpha value is -3.06. The molecule has 0 aromatic heterocycles. The van der Waals surface area contributed by atoms with Gasteiger partial charge in [0.05, 0.1) is 5.69 Å². The van der Waals surface area contributed by atoms with Gasteiger partial charge in [0, 0.05) is 16.6 Å². The van der Waals surface area contributed by atoms with E-state index in [0.29, 0.717) is 27.8 Å². The highest BCUT2D eigenvalue weighted by Gasteiger charge is 2.35. The van der Waals surface area contributed by atoms with Gasteiger partial charge in [0.1, 0.15) is 17.5 Å². The second kappa shape index (κ2) is 8.36. The Morgan fingerprint density at radius 3 is 2.67 bits per heavy atom. The highest BCUT2D eigenvalue weighted by molar-refractivity contribution is 6.30. The van der Waals surface area contributed by atoms with Crippen LogP contribution in [0.1, 0.15) is 30.1 Å². The third kappa shape index (κ3) is 4.41. The molecule has 7 nitrogen and oxygen atoms in total. The number of fused-ring (bicyclic) bond motifs is 1. The van der Waals surface area contributed by atoms with Gasteiger partial charge in [-0.2, -0.15) is 0 Å². The second-order valence-corrected chi connectivity index (χ2v) is 7.80. The fourth-order valence-corrected chi connectivity index (χ4v) is 3.32. The van der Waals surface area contributed by atoms with Crippen LogP contribution >= 0.6 is 11.6 Å². The van der Waals surface area contributed by atoms with Crippen LogP contribution in [0, 0.1) is 0 Å². The Labute approximate surface area is 178 Å². The van der Waals surface area contributed by atoms with E-state index in [4.69, 9.17) is 21.1 Å². The summed E-state index contributed by atoms with van der Waals surface area (Å²) >= 11 is 5.85. The van der Waals surface area contributed by atoms with Gasteiger partial charge < -0.3 is 14.8 Å². The van der Waals surface area contributed by atoms with Crippen LogP contribution in [0.15, 0.2) is 42.5 Å². The average molecular weight is 429 g/mol. The molecule has 2 aliphatic rings. The number of anilines is 1. The van der Waals surface area contributed by atoms with Crippen LogP contribution in [-0.4, -0.2) is 42.9 Å². The van der Waals surface area contributed by atoms with Gasteiger partial charge in [-0.15, -0.1) is 0 Å². The summed E-state index contributed by atoms with van der Waals surface area (Å²) < 4.78 is 11.0. The molecule has 2 amide bonds. The molecule has 0 saturated heterocycles. The second-order valence-electron chi connectivity index (χ2n) is 7.36. The largest absolute Gasteiger partial charge is 0.485 e. The van der Waals surface area contributed by atoms with Crippen LogP contribution in [0.3, 0.4) is 0 Å². The fraction of sp³-hybridized carbons (Fsp3) is 0.318. The normalized spacial score (nSPS) is 16.3. The third-order valence-corrected chi connectivity index (χ3v) is 5.29. The lowest BCUT2D eigenvalue weighted by Crippen LogP contribution is -2.51. The average Bonchev–Trinajstić information content (AvgIpc) is 3.56. The van der Waals surface area contributed by atoms with Crippen molar-refractivity contribution in [2.75, 3.05) is 18.1 Å². The summed E-state index contributed by atoms with van der Waals surface area (Å²) in [5, 5.41) is 3.49. The van der Waals surface area contributed by atoms with Crippen molar-refractivity contribution in [3.05, 3.63) is 53.1 Å². The molecule has 1 N–H and O–H groups in total. The lowest BCUT2D eigenvalue weighted by Gasteiger charge is -2.33. The van der Waals surface area contributed by atoms with Crippen LogP contribution in [-0.2, 0) is 9.59 Å². The molecular formula is C22H21ClN2O5. The van der Waals surface area contributed by atoms with Crippen molar-refractivity contribution in [2.45, 2.75) is 31.8 Å². The van der Waals surface area contributed by atoms with E-state index in [1.165, 1.54) is 4.90 Å². The number of nitrogens with one attached hydrogen (secondary N) is 1. The quantitative estimate of drug-likeness (QED) is 0.685.